The molecule has 0 bridgehead atoms. The molecule has 2 nitrogen and oxygen atoms in total. The van der Waals surface area contributed by atoms with Gasteiger partial charge in [0.2, 0.25) is 0 Å². The third kappa shape index (κ3) is 12.7. The second kappa shape index (κ2) is 23.5. The maximum atomic E-state index is 13.8. The van der Waals surface area contributed by atoms with Crippen LogP contribution in [0.25, 0.3) is 24.3 Å². The molecule has 0 saturated carbocycles. The summed E-state index contributed by atoms with van der Waals surface area (Å²) < 4.78 is 83.1. The molecule has 7 aromatic rings. The van der Waals surface area contributed by atoms with Crippen molar-refractivity contribution >= 4 is 70.6 Å². The average Bonchev–Trinajstić information content (AvgIpc) is 3.40. The van der Waals surface area contributed by atoms with E-state index in [9.17, 15) is 26.3 Å². The zero-order valence-corrected chi connectivity index (χ0v) is 42.8. The molecule has 2 aliphatic rings. The van der Waals surface area contributed by atoms with Crippen LogP contribution in [0, 0.1) is 23.7 Å². The number of anilines is 4. The van der Waals surface area contributed by atoms with Gasteiger partial charge in [0.25, 0.3) is 0 Å². The molecule has 9 rings (SSSR count). The zero-order chi connectivity index (χ0) is 51.7. The lowest BCUT2D eigenvalue weighted by Crippen LogP contribution is -2.22. The second-order valence-corrected chi connectivity index (χ2v) is 20.5. The molecule has 0 atom stereocenters. The number of hydrogen-bond donors (Lipinski definition) is 0. The van der Waals surface area contributed by atoms with E-state index >= 15 is 0 Å². The number of hydrogen-bond acceptors (Lipinski definition) is 4. The minimum absolute atomic E-state index is 0.194. The lowest BCUT2D eigenvalue weighted by molar-refractivity contribution is -0.138. The number of benzene rings is 7. The maximum absolute atomic E-state index is 13.8. The van der Waals surface area contributed by atoms with Crippen molar-refractivity contribution in [3.05, 3.63) is 201 Å². The normalized spacial score (nSPS) is 12.9. The van der Waals surface area contributed by atoms with Crippen LogP contribution in [-0.4, -0.2) is 13.1 Å². The van der Waals surface area contributed by atoms with E-state index < -0.39 is 23.5 Å². The molecular weight excluding hydrogens is 975 g/mol. The fraction of sp³-hybridized carbons (Fsp3) is 0.219. The van der Waals surface area contributed by atoms with Gasteiger partial charge in [-0.3, -0.25) is 0 Å². The third-order valence-electron chi connectivity index (χ3n) is 13.0. The van der Waals surface area contributed by atoms with Gasteiger partial charge >= 0.3 is 12.4 Å². The molecule has 2 aliphatic heterocycles. The Morgan fingerprint density at radius 3 is 1.24 bits per heavy atom. The first-order valence-corrected chi connectivity index (χ1v) is 26.8. The Hall–Kier alpha value is -6.98. The number of unbranched alkanes of at least 4 members (excludes halogenated alkanes) is 6. The van der Waals surface area contributed by atoms with Gasteiger partial charge in [-0.1, -0.05) is 172 Å². The molecule has 0 unspecified atom stereocenters. The van der Waals surface area contributed by atoms with Crippen molar-refractivity contribution in [1.82, 2.24) is 0 Å². The number of nitrogens with zero attached hydrogens (tertiary/aromatic N) is 2. The Morgan fingerprint density at radius 2 is 0.824 bits per heavy atom. The van der Waals surface area contributed by atoms with Crippen molar-refractivity contribution in [2.24, 2.45) is 0 Å². The molecule has 0 fully saturated rings. The van der Waals surface area contributed by atoms with E-state index in [0.29, 0.717) is 22.3 Å². The third-order valence-corrected chi connectivity index (χ3v) is 15.2. The lowest BCUT2D eigenvalue weighted by Gasteiger charge is -2.33. The predicted octanol–water partition coefficient (Wildman–Crippen LogP) is 19.2. The first kappa shape index (κ1) is 51.9. The van der Waals surface area contributed by atoms with Gasteiger partial charge in [0, 0.05) is 54.9 Å². The van der Waals surface area contributed by atoms with E-state index in [1.54, 1.807) is 35.7 Å². The van der Waals surface area contributed by atoms with E-state index in [4.69, 9.17) is 0 Å². The predicted molar refractivity (Wildman–Crippen MR) is 295 cm³/mol. The van der Waals surface area contributed by atoms with Crippen molar-refractivity contribution in [2.45, 2.75) is 97.1 Å². The quantitative estimate of drug-likeness (QED) is 0.0463. The first-order chi connectivity index (χ1) is 35.8. The monoisotopic (exact) mass is 1030 g/mol. The molecule has 0 amide bonds. The number of alkyl halides is 6. The molecular formula is C64H54F6N2S2. The van der Waals surface area contributed by atoms with Gasteiger partial charge in [-0.15, -0.1) is 0 Å². The van der Waals surface area contributed by atoms with E-state index in [1.165, 1.54) is 46.1 Å². The molecule has 2 heterocycles. The highest BCUT2D eigenvalue weighted by Crippen LogP contribution is 2.50. The number of para-hydroxylation sites is 2. The fourth-order valence-corrected chi connectivity index (χ4v) is 11.4. The maximum Gasteiger partial charge on any atom is 0.416 e. The Kier molecular flexibility index (Phi) is 16.5. The van der Waals surface area contributed by atoms with Crippen molar-refractivity contribution < 1.29 is 26.3 Å². The highest BCUT2D eigenvalue weighted by atomic mass is 32.2. The van der Waals surface area contributed by atoms with Crippen LogP contribution in [-0.2, 0) is 12.4 Å². The minimum atomic E-state index is -4.55. The van der Waals surface area contributed by atoms with Gasteiger partial charge in [-0.2, -0.15) is 26.3 Å². The van der Waals surface area contributed by atoms with Gasteiger partial charge in [-0.05, 0) is 132 Å². The smallest absolute Gasteiger partial charge is 0.340 e. The van der Waals surface area contributed by atoms with Crippen LogP contribution in [0.1, 0.15) is 121 Å². The summed E-state index contributed by atoms with van der Waals surface area (Å²) >= 11 is 3.45. The van der Waals surface area contributed by atoms with Crippen LogP contribution in [0.2, 0.25) is 0 Å². The van der Waals surface area contributed by atoms with Crippen molar-refractivity contribution in [1.29, 1.82) is 0 Å². The number of rotatable bonds is 14. The fourth-order valence-electron chi connectivity index (χ4n) is 9.11. The summed E-state index contributed by atoms with van der Waals surface area (Å²) in [6, 6.07) is 43.2. The summed E-state index contributed by atoms with van der Waals surface area (Å²) in [7, 11) is 0. The Labute approximate surface area is 439 Å². The molecule has 0 N–H and O–H groups in total. The van der Waals surface area contributed by atoms with Crippen LogP contribution < -0.4 is 9.80 Å². The van der Waals surface area contributed by atoms with E-state index in [1.807, 2.05) is 36.4 Å². The molecule has 74 heavy (non-hydrogen) atoms. The summed E-state index contributed by atoms with van der Waals surface area (Å²) in [4.78, 5) is 9.39. The van der Waals surface area contributed by atoms with Crippen LogP contribution in [0.15, 0.2) is 165 Å². The summed E-state index contributed by atoms with van der Waals surface area (Å²) in [5, 5.41) is 0. The van der Waals surface area contributed by atoms with Crippen LogP contribution in [0.3, 0.4) is 0 Å². The Morgan fingerprint density at radius 1 is 0.405 bits per heavy atom. The highest BCUT2D eigenvalue weighted by molar-refractivity contribution is 8.00. The van der Waals surface area contributed by atoms with Crippen LogP contribution in [0.5, 0.6) is 0 Å². The minimum Gasteiger partial charge on any atom is -0.340 e. The molecule has 10 heteroatoms. The van der Waals surface area contributed by atoms with Gasteiger partial charge in [0.05, 0.1) is 33.9 Å². The largest absolute Gasteiger partial charge is 0.416 e. The summed E-state index contributed by atoms with van der Waals surface area (Å²) in [5.74, 6) is 12.4. The zero-order valence-electron chi connectivity index (χ0n) is 41.2. The first-order valence-electron chi connectivity index (χ1n) is 25.1. The Balaban J connectivity index is 1.13. The molecule has 7 aromatic carbocycles. The summed E-state index contributed by atoms with van der Waals surface area (Å²) in [5.41, 5.74) is 7.61. The molecule has 0 aromatic heterocycles. The average molecular weight is 1030 g/mol. The topological polar surface area (TPSA) is 6.48 Å². The lowest BCUT2D eigenvalue weighted by atomic mass is 9.96. The SMILES string of the molecule is CCCCCCN1c2ccccc2Sc2cc(/C=C/c3cc(C#Cc4cccc(C(F)(F)F)c4)c(/C=C/c4ccc5c(c4)Sc4ccccc4N5CCCCCC)cc3C#Cc3cccc(C(F)(F)F)c3)ccc21. The molecule has 0 aliphatic carbocycles. The van der Waals surface area contributed by atoms with Crippen LogP contribution >= 0.6 is 23.5 Å². The van der Waals surface area contributed by atoms with Gasteiger partial charge in [-0.25, -0.2) is 0 Å². The highest BCUT2D eigenvalue weighted by Gasteiger charge is 2.31. The molecule has 0 radical (unpaired) electrons. The molecule has 374 valence electrons. The number of fused-ring (bicyclic) bond motifs is 4. The van der Waals surface area contributed by atoms with Crippen LogP contribution in [0.4, 0.5) is 49.1 Å². The van der Waals surface area contributed by atoms with Crippen molar-refractivity contribution in [2.75, 3.05) is 22.9 Å². The molecule has 0 saturated heterocycles. The van der Waals surface area contributed by atoms with E-state index in [0.717, 1.165) is 108 Å². The van der Waals surface area contributed by atoms with Gasteiger partial charge in [0.15, 0.2) is 0 Å². The standard InChI is InChI=1S/C64H54F6N2S2/c1-3-5-7-13-37-71-55-21-9-11-23-59(55)73-61-41-47(29-35-57(61)71)27-33-51-43-50(32-26-46-18-16-20-54(40-46)64(68,69)70)52(44-49(51)31-25-45-17-15-19-53(39-45)63(65,66)67)34-28-48-30-36-58-62(42-48)74-60-24-12-10-22-56(60)72(58)38-14-8-6-4-2/h9-12,15-24,27-30,33-36,39-44H,3-8,13-14,37-38H2,1-2H3/b33-27+,34-28+. The summed E-state index contributed by atoms with van der Waals surface area (Å²) in [6.45, 7) is 6.22. The van der Waals surface area contributed by atoms with Crippen molar-refractivity contribution in [3.8, 4) is 23.7 Å². The van der Waals surface area contributed by atoms with Gasteiger partial charge < -0.3 is 9.80 Å². The Bertz CT molecular complexity index is 3120. The van der Waals surface area contributed by atoms with E-state index in [-0.39, 0.29) is 11.1 Å². The number of halogens is 6. The van der Waals surface area contributed by atoms with E-state index in [2.05, 4.69) is 132 Å². The second-order valence-electron chi connectivity index (χ2n) is 18.4. The molecule has 0 spiro atoms. The van der Waals surface area contributed by atoms with Crippen molar-refractivity contribution in [3.63, 3.8) is 0 Å². The summed E-state index contributed by atoms with van der Waals surface area (Å²) in [6.07, 6.45) is 7.83. The van der Waals surface area contributed by atoms with Gasteiger partial charge in [0.1, 0.15) is 0 Å².